The van der Waals surface area contributed by atoms with Crippen LogP contribution < -0.4 is 11.2 Å². The molecule has 0 aliphatic rings. The number of nitrogens with zero attached hydrogens (tertiary/aromatic N) is 6. The lowest BCUT2D eigenvalue weighted by Crippen LogP contribution is -2.37. The summed E-state index contributed by atoms with van der Waals surface area (Å²) in [5.41, 5.74) is 1.82. The minimum atomic E-state index is -3.71. The first-order valence-electron chi connectivity index (χ1n) is 11.2. The van der Waals surface area contributed by atoms with E-state index in [1.165, 1.54) is 23.4 Å². The monoisotopic (exact) mass is 524 g/mol. The first kappa shape index (κ1) is 24.1. The second kappa shape index (κ2) is 9.10. The Bertz CT molecular complexity index is 1830. The number of imidazole rings is 2. The van der Waals surface area contributed by atoms with Crippen LogP contribution in [0, 0.1) is 0 Å². The van der Waals surface area contributed by atoms with Crippen LogP contribution in [0.1, 0.15) is 5.56 Å². The van der Waals surface area contributed by atoms with Gasteiger partial charge in [0.15, 0.2) is 16.3 Å². The molecule has 36 heavy (non-hydrogen) atoms. The number of hydrogen-bond acceptors (Lipinski definition) is 7. The van der Waals surface area contributed by atoms with Crippen molar-refractivity contribution in [3.05, 3.63) is 81.0 Å². The molecule has 0 amide bonds. The molecule has 0 aliphatic heterocycles. The predicted molar refractivity (Wildman–Crippen MR) is 139 cm³/mol. The predicted octanol–water partition coefficient (Wildman–Crippen LogP) is 2.09. The molecule has 0 atom stereocenters. The molecule has 10 nitrogen and oxygen atoms in total. The van der Waals surface area contributed by atoms with Crippen LogP contribution >= 0.6 is 11.8 Å². The second-order valence-corrected chi connectivity index (χ2v) is 11.4. The fraction of sp³-hybridized carbons (Fsp3) is 0.250. The standard InChI is InChI=1S/C24H24N6O4S2/c1-27-19-20(28(2)24(32)29(3)21(19)31)26-22(27)35-14-13-30-18-12-8-7-11-17(18)25-23(30)36(33,34)15-16-9-5-4-6-10-16/h4-12H,13-15H2,1-3H3. The van der Waals surface area contributed by atoms with Gasteiger partial charge in [0, 0.05) is 33.4 Å². The highest BCUT2D eigenvalue weighted by atomic mass is 32.2. The Labute approximate surface area is 210 Å². The average molecular weight is 525 g/mol. The molecule has 12 heteroatoms. The summed E-state index contributed by atoms with van der Waals surface area (Å²) in [6.45, 7) is 0.356. The quantitative estimate of drug-likeness (QED) is 0.300. The van der Waals surface area contributed by atoms with Gasteiger partial charge in [-0.3, -0.25) is 13.9 Å². The molecule has 0 saturated heterocycles. The number of fused-ring (bicyclic) bond motifs is 2. The summed E-state index contributed by atoms with van der Waals surface area (Å²) in [5, 5.41) is 0.579. The van der Waals surface area contributed by atoms with Crippen LogP contribution in [0.3, 0.4) is 0 Å². The number of aromatic nitrogens is 6. The minimum Gasteiger partial charge on any atom is -0.316 e. The van der Waals surface area contributed by atoms with Gasteiger partial charge in [0.05, 0.1) is 16.8 Å². The summed E-state index contributed by atoms with van der Waals surface area (Å²) in [4.78, 5) is 33.9. The molecule has 3 aromatic heterocycles. The summed E-state index contributed by atoms with van der Waals surface area (Å²) < 4.78 is 32.5. The molecule has 0 radical (unpaired) electrons. The molecule has 0 aliphatic carbocycles. The van der Waals surface area contributed by atoms with Gasteiger partial charge < -0.3 is 9.13 Å². The van der Waals surface area contributed by atoms with Crippen LogP contribution in [0.25, 0.3) is 22.2 Å². The Morgan fingerprint density at radius 1 is 0.861 bits per heavy atom. The number of hydrogen-bond donors (Lipinski definition) is 0. The van der Waals surface area contributed by atoms with E-state index >= 15 is 0 Å². The first-order valence-corrected chi connectivity index (χ1v) is 13.8. The van der Waals surface area contributed by atoms with Crippen molar-refractivity contribution in [1.82, 2.24) is 28.2 Å². The number of para-hydroxylation sites is 2. The third-order valence-corrected chi connectivity index (χ3v) is 8.67. The summed E-state index contributed by atoms with van der Waals surface area (Å²) >= 11 is 1.38. The molecular weight excluding hydrogens is 500 g/mol. The highest BCUT2D eigenvalue weighted by Crippen LogP contribution is 2.25. The van der Waals surface area contributed by atoms with Crippen molar-refractivity contribution in [2.75, 3.05) is 5.75 Å². The smallest absolute Gasteiger partial charge is 0.316 e. The van der Waals surface area contributed by atoms with Gasteiger partial charge in [-0.15, -0.1) is 0 Å². The minimum absolute atomic E-state index is 0.0226. The molecule has 5 aromatic rings. The summed E-state index contributed by atoms with van der Waals surface area (Å²) in [6, 6.07) is 16.3. The highest BCUT2D eigenvalue weighted by molar-refractivity contribution is 7.99. The Kier molecular flexibility index (Phi) is 6.08. The van der Waals surface area contributed by atoms with Crippen molar-refractivity contribution < 1.29 is 8.42 Å². The van der Waals surface area contributed by atoms with Gasteiger partial charge >= 0.3 is 5.69 Å². The van der Waals surface area contributed by atoms with E-state index in [9.17, 15) is 18.0 Å². The molecule has 0 saturated carbocycles. The van der Waals surface area contributed by atoms with Gasteiger partial charge in [-0.25, -0.2) is 23.2 Å². The molecule has 0 unspecified atom stereocenters. The Balaban J connectivity index is 1.48. The Morgan fingerprint density at radius 2 is 1.56 bits per heavy atom. The average Bonchev–Trinajstić information content (AvgIpc) is 3.40. The van der Waals surface area contributed by atoms with Crippen LogP contribution in [0.4, 0.5) is 0 Å². The van der Waals surface area contributed by atoms with Gasteiger partial charge in [-0.2, -0.15) is 0 Å². The largest absolute Gasteiger partial charge is 0.332 e. The van der Waals surface area contributed by atoms with Crippen molar-refractivity contribution in [2.24, 2.45) is 21.1 Å². The van der Waals surface area contributed by atoms with Crippen LogP contribution in [0.5, 0.6) is 0 Å². The van der Waals surface area contributed by atoms with E-state index in [1.54, 1.807) is 41.4 Å². The maximum Gasteiger partial charge on any atom is 0.332 e. The Hall–Kier alpha value is -3.64. The molecule has 2 aromatic carbocycles. The second-order valence-electron chi connectivity index (χ2n) is 8.46. The molecule has 186 valence electrons. The molecule has 3 heterocycles. The van der Waals surface area contributed by atoms with Crippen molar-refractivity contribution in [3.8, 4) is 0 Å². The van der Waals surface area contributed by atoms with E-state index < -0.39 is 21.1 Å². The van der Waals surface area contributed by atoms with Crippen molar-refractivity contribution in [2.45, 2.75) is 22.6 Å². The Morgan fingerprint density at radius 3 is 2.31 bits per heavy atom. The number of rotatable bonds is 7. The van der Waals surface area contributed by atoms with Crippen LogP contribution in [0.15, 0.2) is 74.5 Å². The fourth-order valence-electron chi connectivity index (χ4n) is 4.22. The summed E-state index contributed by atoms with van der Waals surface area (Å²) in [7, 11) is 1.03. The normalized spacial score (nSPS) is 12.1. The number of thioether (sulfide) groups is 1. The van der Waals surface area contributed by atoms with Gasteiger partial charge in [-0.1, -0.05) is 54.2 Å². The molecule has 0 spiro atoms. The maximum absolute atomic E-state index is 13.4. The van der Waals surface area contributed by atoms with E-state index in [0.29, 0.717) is 39.7 Å². The van der Waals surface area contributed by atoms with Crippen molar-refractivity contribution >= 4 is 43.8 Å². The summed E-state index contributed by atoms with van der Waals surface area (Å²) in [6.07, 6.45) is 0. The van der Waals surface area contributed by atoms with E-state index in [0.717, 1.165) is 10.1 Å². The molecule has 0 bridgehead atoms. The molecular formula is C24H24N6O4S2. The zero-order valence-corrected chi connectivity index (χ0v) is 21.6. The number of benzene rings is 2. The maximum atomic E-state index is 13.4. The molecule has 0 fully saturated rings. The molecule has 5 rings (SSSR count). The van der Waals surface area contributed by atoms with E-state index in [2.05, 4.69) is 9.97 Å². The zero-order chi connectivity index (χ0) is 25.6. The lowest BCUT2D eigenvalue weighted by molar-refractivity contribution is 0.572. The van der Waals surface area contributed by atoms with Crippen molar-refractivity contribution in [3.63, 3.8) is 0 Å². The molecule has 0 N–H and O–H groups in total. The number of aryl methyl sites for hydroxylation is 3. The highest BCUT2D eigenvalue weighted by Gasteiger charge is 2.24. The van der Waals surface area contributed by atoms with Gasteiger partial charge in [0.2, 0.25) is 15.0 Å². The zero-order valence-electron chi connectivity index (χ0n) is 20.0. The SMILES string of the molecule is Cn1c(=O)c2c(nc(SCCn3c(S(=O)(=O)Cc4ccccc4)nc4ccccc43)n2C)n(C)c1=O. The van der Waals surface area contributed by atoms with Crippen LogP contribution in [-0.2, 0) is 43.3 Å². The van der Waals surface area contributed by atoms with E-state index in [1.807, 2.05) is 36.4 Å². The first-order chi connectivity index (χ1) is 17.2. The van der Waals surface area contributed by atoms with E-state index in [-0.39, 0.29) is 10.9 Å². The van der Waals surface area contributed by atoms with Gasteiger partial charge in [-0.05, 0) is 17.7 Å². The summed E-state index contributed by atoms with van der Waals surface area (Å²) in [5.74, 6) is 0.325. The van der Waals surface area contributed by atoms with Crippen LogP contribution in [0.2, 0.25) is 0 Å². The lowest BCUT2D eigenvalue weighted by atomic mass is 10.2. The third kappa shape index (κ3) is 4.05. The fourth-order valence-corrected chi connectivity index (χ4v) is 6.64. The third-order valence-electron chi connectivity index (χ3n) is 6.08. The topological polar surface area (TPSA) is 114 Å². The lowest BCUT2D eigenvalue weighted by Gasteiger charge is -2.10. The van der Waals surface area contributed by atoms with Crippen molar-refractivity contribution in [1.29, 1.82) is 0 Å². The van der Waals surface area contributed by atoms with Gasteiger partial charge in [0.1, 0.15) is 0 Å². The van der Waals surface area contributed by atoms with E-state index in [4.69, 9.17) is 0 Å². The van der Waals surface area contributed by atoms with Crippen LogP contribution in [-0.4, -0.2) is 42.4 Å². The number of sulfone groups is 1. The van der Waals surface area contributed by atoms with Gasteiger partial charge in [0.25, 0.3) is 5.56 Å².